The molecule has 1 fully saturated rings. The van der Waals surface area contributed by atoms with Crippen LogP contribution in [0.4, 0.5) is 0 Å². The third-order valence-corrected chi connectivity index (χ3v) is 2.02. The predicted octanol–water partition coefficient (Wildman–Crippen LogP) is 1.31. The maximum absolute atomic E-state index is 11.2. The van der Waals surface area contributed by atoms with Gasteiger partial charge < -0.3 is 14.2 Å². The zero-order chi connectivity index (χ0) is 10.4. The van der Waals surface area contributed by atoms with Crippen LogP contribution in [0.5, 0.6) is 0 Å². The van der Waals surface area contributed by atoms with Crippen molar-refractivity contribution >= 4 is 17.6 Å². The summed E-state index contributed by atoms with van der Waals surface area (Å²) in [5.74, 6) is -1.04. The summed E-state index contributed by atoms with van der Waals surface area (Å²) in [5.41, 5.74) is 0. The number of halogens is 1. The molecule has 0 bridgehead atoms. The summed E-state index contributed by atoms with van der Waals surface area (Å²) in [4.78, 5) is 11.2. The van der Waals surface area contributed by atoms with Crippen molar-refractivity contribution in [1.82, 2.24) is 0 Å². The molecule has 0 radical (unpaired) electrons. The number of esters is 1. The maximum atomic E-state index is 11.2. The van der Waals surface area contributed by atoms with Gasteiger partial charge >= 0.3 is 5.97 Å². The lowest BCUT2D eigenvalue weighted by atomic mass is 10.3. The van der Waals surface area contributed by atoms with E-state index in [2.05, 4.69) is 0 Å². The summed E-state index contributed by atoms with van der Waals surface area (Å²) >= 11 is 5.42. The molecule has 0 amide bonds. The second-order valence-corrected chi connectivity index (χ2v) is 3.68. The van der Waals surface area contributed by atoms with E-state index in [1.54, 1.807) is 6.92 Å². The van der Waals surface area contributed by atoms with E-state index in [9.17, 15) is 4.79 Å². The monoisotopic (exact) mass is 222 g/mol. The van der Waals surface area contributed by atoms with Crippen molar-refractivity contribution < 1.29 is 19.0 Å². The highest BCUT2D eigenvalue weighted by atomic mass is 35.5. The average molecular weight is 223 g/mol. The first-order valence-electron chi connectivity index (χ1n) is 4.66. The number of carbonyl (C=O) groups is 1. The minimum Gasteiger partial charge on any atom is -0.431 e. The molecule has 0 spiro atoms. The molecule has 1 heterocycles. The smallest absolute Gasteiger partial charge is 0.309 e. The number of ether oxygens (including phenoxy) is 3. The van der Waals surface area contributed by atoms with Crippen molar-refractivity contribution in [3.05, 3.63) is 0 Å². The number of rotatable bonds is 3. The van der Waals surface area contributed by atoms with Crippen LogP contribution in [0.1, 0.15) is 19.8 Å². The summed E-state index contributed by atoms with van der Waals surface area (Å²) in [6, 6.07) is 0. The fourth-order valence-corrected chi connectivity index (χ4v) is 1.33. The van der Waals surface area contributed by atoms with Crippen LogP contribution in [0, 0.1) is 0 Å². The van der Waals surface area contributed by atoms with E-state index in [0.29, 0.717) is 13.2 Å². The highest BCUT2D eigenvalue weighted by Crippen LogP contribution is 2.17. The van der Waals surface area contributed by atoms with Crippen LogP contribution in [-0.4, -0.2) is 37.5 Å². The standard InChI is InChI=1S/C9H15ClO4/c1-9(14-8(11)3-4-10)7-12-5-2-6-13-9/h2-7H2,1H3. The molecule has 14 heavy (non-hydrogen) atoms. The average Bonchev–Trinajstić information content (AvgIpc) is 2.30. The fourth-order valence-electron chi connectivity index (χ4n) is 1.18. The summed E-state index contributed by atoms with van der Waals surface area (Å²) in [6.07, 6.45) is 1.02. The second kappa shape index (κ2) is 5.53. The van der Waals surface area contributed by atoms with Crippen molar-refractivity contribution in [3.8, 4) is 0 Å². The van der Waals surface area contributed by atoms with Gasteiger partial charge in [0.05, 0.1) is 13.0 Å². The summed E-state index contributed by atoms with van der Waals surface area (Å²) in [5, 5.41) is 0. The molecule has 0 aromatic heterocycles. The van der Waals surface area contributed by atoms with Gasteiger partial charge in [-0.25, -0.2) is 0 Å². The van der Waals surface area contributed by atoms with Crippen LogP contribution in [0.3, 0.4) is 0 Å². The minimum absolute atomic E-state index is 0.195. The lowest BCUT2D eigenvalue weighted by Crippen LogP contribution is -2.38. The molecule has 82 valence electrons. The fraction of sp³-hybridized carbons (Fsp3) is 0.889. The van der Waals surface area contributed by atoms with Crippen LogP contribution >= 0.6 is 11.6 Å². The SMILES string of the molecule is CC1(OC(=O)CCCl)COCCCO1. The Morgan fingerprint density at radius 3 is 3.07 bits per heavy atom. The zero-order valence-electron chi connectivity index (χ0n) is 8.25. The van der Waals surface area contributed by atoms with Crippen molar-refractivity contribution in [3.63, 3.8) is 0 Å². The Morgan fingerprint density at radius 2 is 2.36 bits per heavy atom. The molecule has 0 aromatic carbocycles. The first-order chi connectivity index (χ1) is 6.66. The van der Waals surface area contributed by atoms with E-state index >= 15 is 0 Å². The molecule has 1 rings (SSSR count). The number of hydrogen-bond acceptors (Lipinski definition) is 4. The Hall–Kier alpha value is -0.320. The number of alkyl halides is 1. The molecule has 5 heteroatoms. The van der Waals surface area contributed by atoms with E-state index < -0.39 is 5.79 Å². The quantitative estimate of drug-likeness (QED) is 0.534. The van der Waals surface area contributed by atoms with Crippen molar-refractivity contribution in [1.29, 1.82) is 0 Å². The van der Waals surface area contributed by atoms with E-state index in [1.807, 2.05) is 0 Å². The van der Waals surface area contributed by atoms with Gasteiger partial charge in [-0.3, -0.25) is 4.79 Å². The van der Waals surface area contributed by atoms with Crippen molar-refractivity contribution in [2.75, 3.05) is 25.7 Å². The first-order valence-corrected chi connectivity index (χ1v) is 5.19. The van der Waals surface area contributed by atoms with Gasteiger partial charge in [0.15, 0.2) is 0 Å². The molecular formula is C9H15ClO4. The van der Waals surface area contributed by atoms with Gasteiger partial charge in [0.25, 0.3) is 0 Å². The van der Waals surface area contributed by atoms with E-state index in [1.165, 1.54) is 0 Å². The van der Waals surface area contributed by atoms with Gasteiger partial charge in [-0.1, -0.05) is 0 Å². The minimum atomic E-state index is -0.945. The van der Waals surface area contributed by atoms with Crippen molar-refractivity contribution in [2.24, 2.45) is 0 Å². The second-order valence-electron chi connectivity index (χ2n) is 3.30. The molecule has 1 aliphatic heterocycles. The van der Waals surface area contributed by atoms with Crippen LogP contribution < -0.4 is 0 Å². The molecule has 0 aromatic rings. The van der Waals surface area contributed by atoms with Crippen LogP contribution in [-0.2, 0) is 19.0 Å². The molecule has 1 atom stereocenters. The van der Waals surface area contributed by atoms with E-state index in [0.717, 1.165) is 6.42 Å². The normalized spacial score (nSPS) is 28.1. The Labute approximate surface area is 88.5 Å². The Morgan fingerprint density at radius 1 is 1.57 bits per heavy atom. The lowest BCUT2D eigenvalue weighted by molar-refractivity contribution is -0.232. The zero-order valence-corrected chi connectivity index (χ0v) is 9.01. The molecule has 0 saturated carbocycles. The Bertz CT molecular complexity index is 187. The van der Waals surface area contributed by atoms with Crippen LogP contribution in [0.25, 0.3) is 0 Å². The summed E-state index contributed by atoms with van der Waals surface area (Å²) in [6.45, 7) is 3.17. The first kappa shape index (κ1) is 11.8. The largest absolute Gasteiger partial charge is 0.431 e. The van der Waals surface area contributed by atoms with Crippen LogP contribution in [0.15, 0.2) is 0 Å². The summed E-state index contributed by atoms with van der Waals surface area (Å²) in [7, 11) is 0. The third-order valence-electron chi connectivity index (χ3n) is 1.83. The van der Waals surface area contributed by atoms with E-state index in [4.69, 9.17) is 25.8 Å². The van der Waals surface area contributed by atoms with Gasteiger partial charge in [-0.2, -0.15) is 0 Å². The molecule has 1 aliphatic rings. The van der Waals surface area contributed by atoms with Gasteiger partial charge in [-0.15, -0.1) is 11.6 Å². The Balaban J connectivity index is 2.41. The Kier molecular flexibility index (Phi) is 4.65. The molecule has 0 aliphatic carbocycles. The molecule has 1 saturated heterocycles. The third kappa shape index (κ3) is 3.82. The summed E-state index contributed by atoms with van der Waals surface area (Å²) < 4.78 is 15.8. The maximum Gasteiger partial charge on any atom is 0.309 e. The van der Waals surface area contributed by atoms with Gasteiger partial charge in [-0.05, 0) is 6.42 Å². The van der Waals surface area contributed by atoms with E-state index in [-0.39, 0.29) is 24.9 Å². The van der Waals surface area contributed by atoms with Crippen LogP contribution in [0.2, 0.25) is 0 Å². The molecule has 4 nitrogen and oxygen atoms in total. The topological polar surface area (TPSA) is 44.8 Å². The predicted molar refractivity (Wildman–Crippen MR) is 51.2 cm³/mol. The number of carbonyl (C=O) groups excluding carboxylic acids is 1. The van der Waals surface area contributed by atoms with Gasteiger partial charge in [0.2, 0.25) is 5.79 Å². The molecule has 1 unspecified atom stereocenters. The molecule has 0 N–H and O–H groups in total. The highest BCUT2D eigenvalue weighted by Gasteiger charge is 2.31. The van der Waals surface area contributed by atoms with Gasteiger partial charge in [0.1, 0.15) is 6.61 Å². The molecular weight excluding hydrogens is 208 g/mol. The highest BCUT2D eigenvalue weighted by molar-refractivity contribution is 6.18. The lowest BCUT2D eigenvalue weighted by Gasteiger charge is -2.26. The van der Waals surface area contributed by atoms with Gasteiger partial charge in [0, 0.05) is 19.4 Å². The number of hydrogen-bond donors (Lipinski definition) is 0. The van der Waals surface area contributed by atoms with Crippen molar-refractivity contribution in [2.45, 2.75) is 25.6 Å².